The van der Waals surface area contributed by atoms with Crippen molar-refractivity contribution in [3.05, 3.63) is 71.3 Å². The normalized spacial score (nSPS) is 24.8. The first-order valence-electron chi connectivity index (χ1n) is 11.6. The molecule has 174 valence electrons. The fourth-order valence-electron chi connectivity index (χ4n) is 5.63. The largest absolute Gasteiger partial charge is 0.452 e. The molecule has 1 heterocycles. The van der Waals surface area contributed by atoms with Gasteiger partial charge in [-0.05, 0) is 67.5 Å². The topological polar surface area (TPSA) is 92.8 Å². The van der Waals surface area contributed by atoms with Crippen LogP contribution in [0.15, 0.2) is 60.2 Å². The summed E-state index contributed by atoms with van der Waals surface area (Å²) in [6.07, 6.45) is 3.79. The number of para-hydroxylation sites is 1. The molecule has 1 saturated heterocycles. The lowest BCUT2D eigenvalue weighted by molar-refractivity contribution is -0.123. The van der Waals surface area contributed by atoms with E-state index in [1.165, 1.54) is 22.6 Å². The minimum atomic E-state index is -0.653. The van der Waals surface area contributed by atoms with E-state index in [0.717, 1.165) is 18.4 Å². The zero-order valence-electron chi connectivity index (χ0n) is 19.1. The number of fused-ring (bicyclic) bond motifs is 5. The predicted molar refractivity (Wildman–Crippen MR) is 126 cm³/mol. The van der Waals surface area contributed by atoms with Gasteiger partial charge in [0.15, 0.2) is 6.61 Å². The van der Waals surface area contributed by atoms with Crippen LogP contribution in [0, 0.1) is 23.7 Å². The lowest BCUT2D eigenvalue weighted by Crippen LogP contribution is -2.33. The highest BCUT2D eigenvalue weighted by Crippen LogP contribution is 2.55. The van der Waals surface area contributed by atoms with Gasteiger partial charge in [0.1, 0.15) is 0 Å². The van der Waals surface area contributed by atoms with Crippen LogP contribution in [0.3, 0.4) is 0 Å². The number of benzene rings is 2. The summed E-state index contributed by atoms with van der Waals surface area (Å²) in [5.74, 6) is -1.66. The molecule has 7 nitrogen and oxygen atoms in total. The van der Waals surface area contributed by atoms with E-state index >= 15 is 0 Å². The zero-order chi connectivity index (χ0) is 24.0. The monoisotopic (exact) mass is 458 g/mol. The van der Waals surface area contributed by atoms with Gasteiger partial charge >= 0.3 is 5.97 Å². The second-order valence-corrected chi connectivity index (χ2v) is 9.16. The van der Waals surface area contributed by atoms with E-state index in [4.69, 9.17) is 4.74 Å². The van der Waals surface area contributed by atoms with Gasteiger partial charge < -0.3 is 10.1 Å². The van der Waals surface area contributed by atoms with Crippen molar-refractivity contribution >= 4 is 35.1 Å². The van der Waals surface area contributed by atoms with Crippen LogP contribution in [0.2, 0.25) is 0 Å². The lowest BCUT2D eigenvalue weighted by atomic mass is 9.82. The maximum Gasteiger partial charge on any atom is 0.338 e. The Morgan fingerprint density at radius 3 is 2.47 bits per heavy atom. The molecule has 1 aliphatic heterocycles. The van der Waals surface area contributed by atoms with Crippen LogP contribution in [0.5, 0.6) is 0 Å². The van der Waals surface area contributed by atoms with Gasteiger partial charge in [-0.25, -0.2) is 4.79 Å². The van der Waals surface area contributed by atoms with Crippen LogP contribution in [0.4, 0.5) is 11.4 Å². The first-order chi connectivity index (χ1) is 16.4. The highest BCUT2D eigenvalue weighted by Gasteiger charge is 2.60. The molecule has 0 aromatic heterocycles. The van der Waals surface area contributed by atoms with Crippen LogP contribution in [0.1, 0.15) is 36.2 Å². The molecule has 2 aliphatic carbocycles. The Hall–Kier alpha value is -3.74. The summed E-state index contributed by atoms with van der Waals surface area (Å²) in [7, 11) is 0. The SMILES string of the molecule is CCc1ccccc1NC(=O)COC(=O)c1ccc(N2C(=O)[C@H]3[C@H](C2=O)[C@H]2C=C(C)[C@H]3C2)cc1. The van der Waals surface area contributed by atoms with Gasteiger partial charge in [0.2, 0.25) is 11.8 Å². The third-order valence-electron chi connectivity index (χ3n) is 7.25. The Kier molecular flexibility index (Phi) is 5.55. The average molecular weight is 459 g/mol. The van der Waals surface area contributed by atoms with Gasteiger partial charge in [-0.15, -0.1) is 0 Å². The van der Waals surface area contributed by atoms with Crippen LogP contribution >= 0.6 is 0 Å². The van der Waals surface area contributed by atoms with Crippen molar-refractivity contribution < 1.29 is 23.9 Å². The smallest absolute Gasteiger partial charge is 0.338 e. The number of anilines is 2. The molecule has 1 N–H and O–H groups in total. The van der Waals surface area contributed by atoms with Gasteiger partial charge in [0.25, 0.3) is 5.91 Å². The van der Waals surface area contributed by atoms with Gasteiger partial charge in [-0.2, -0.15) is 0 Å². The molecular weight excluding hydrogens is 432 g/mol. The van der Waals surface area contributed by atoms with Gasteiger partial charge in [-0.1, -0.05) is 36.8 Å². The van der Waals surface area contributed by atoms with Crippen LogP contribution in [-0.4, -0.2) is 30.3 Å². The molecule has 3 amide bonds. The fourth-order valence-corrected chi connectivity index (χ4v) is 5.63. The van der Waals surface area contributed by atoms with Crippen molar-refractivity contribution in [2.24, 2.45) is 23.7 Å². The zero-order valence-corrected chi connectivity index (χ0v) is 19.1. The predicted octanol–water partition coefficient (Wildman–Crippen LogP) is 3.75. The lowest BCUT2D eigenvalue weighted by Gasteiger charge is -2.19. The molecule has 4 atom stereocenters. The second-order valence-electron chi connectivity index (χ2n) is 9.16. The van der Waals surface area contributed by atoms with E-state index in [-0.39, 0.29) is 41.0 Å². The van der Waals surface area contributed by atoms with Crippen molar-refractivity contribution in [1.82, 2.24) is 0 Å². The number of carbonyl (C=O) groups is 4. The van der Waals surface area contributed by atoms with Crippen molar-refractivity contribution in [3.63, 3.8) is 0 Å². The Bertz CT molecular complexity index is 1220. The molecule has 0 radical (unpaired) electrons. The summed E-state index contributed by atoms with van der Waals surface area (Å²) in [5.41, 5.74) is 3.58. The number of aryl methyl sites for hydroxylation is 1. The van der Waals surface area contributed by atoms with Crippen molar-refractivity contribution in [3.8, 4) is 0 Å². The Labute approximate surface area is 197 Å². The summed E-state index contributed by atoms with van der Waals surface area (Å²) in [4.78, 5) is 52.0. The van der Waals surface area contributed by atoms with E-state index in [1.54, 1.807) is 18.2 Å². The highest BCUT2D eigenvalue weighted by atomic mass is 16.5. The standard InChI is InChI=1S/C27H26N2O5/c1-3-16-6-4-5-7-21(16)28-22(30)14-34-27(33)17-8-10-19(11-9-17)29-25(31)23-18-12-15(2)20(13-18)24(23)26(29)32/h4-12,18,20,23-24H,3,13-14H2,1-2H3,(H,28,30)/t18-,20+,23+,24+/m0/s1. The molecule has 1 saturated carbocycles. The number of imide groups is 1. The number of esters is 1. The molecule has 5 rings (SSSR count). The number of allylic oxidation sites excluding steroid dienone is 2. The molecule has 7 heteroatoms. The van der Waals surface area contributed by atoms with E-state index in [9.17, 15) is 19.2 Å². The Morgan fingerprint density at radius 2 is 1.74 bits per heavy atom. The van der Waals surface area contributed by atoms with E-state index in [0.29, 0.717) is 11.4 Å². The van der Waals surface area contributed by atoms with E-state index in [2.05, 4.69) is 11.4 Å². The van der Waals surface area contributed by atoms with Crippen molar-refractivity contribution in [1.29, 1.82) is 0 Å². The Balaban J connectivity index is 1.21. The number of rotatable bonds is 6. The second kappa shape index (κ2) is 8.56. The minimum absolute atomic E-state index is 0.140. The number of nitrogens with zero attached hydrogens (tertiary/aromatic N) is 1. The van der Waals surface area contributed by atoms with Gasteiger partial charge in [0.05, 0.1) is 23.1 Å². The van der Waals surface area contributed by atoms with Crippen molar-refractivity contribution in [2.75, 3.05) is 16.8 Å². The number of nitrogens with one attached hydrogen (secondary N) is 1. The van der Waals surface area contributed by atoms with Crippen LogP contribution < -0.4 is 10.2 Å². The third kappa shape index (κ3) is 3.61. The minimum Gasteiger partial charge on any atom is -0.452 e. The first kappa shape index (κ1) is 22.1. The molecule has 2 aromatic rings. The molecule has 2 fully saturated rings. The molecule has 2 bridgehead atoms. The summed E-state index contributed by atoms with van der Waals surface area (Å²) in [6.45, 7) is 3.61. The van der Waals surface area contributed by atoms with Crippen LogP contribution in [-0.2, 0) is 25.5 Å². The number of amides is 3. The summed E-state index contributed by atoms with van der Waals surface area (Å²) >= 11 is 0. The molecule has 34 heavy (non-hydrogen) atoms. The van der Waals surface area contributed by atoms with E-state index < -0.39 is 18.5 Å². The number of ether oxygens (including phenoxy) is 1. The third-order valence-corrected chi connectivity index (χ3v) is 7.25. The summed E-state index contributed by atoms with van der Waals surface area (Å²) in [5, 5.41) is 2.76. The molecule has 3 aliphatic rings. The quantitative estimate of drug-likeness (QED) is 0.404. The van der Waals surface area contributed by atoms with Crippen LogP contribution in [0.25, 0.3) is 0 Å². The molecule has 0 spiro atoms. The van der Waals surface area contributed by atoms with Crippen molar-refractivity contribution in [2.45, 2.75) is 26.7 Å². The van der Waals surface area contributed by atoms with Gasteiger partial charge in [-0.3, -0.25) is 19.3 Å². The molecule has 2 aromatic carbocycles. The number of hydrogen-bond acceptors (Lipinski definition) is 5. The summed E-state index contributed by atoms with van der Waals surface area (Å²) < 4.78 is 5.15. The average Bonchev–Trinajstić information content (AvgIpc) is 3.48. The van der Waals surface area contributed by atoms with Gasteiger partial charge in [0, 0.05) is 5.69 Å². The molecular formula is C27H26N2O5. The highest BCUT2D eigenvalue weighted by molar-refractivity contribution is 6.23. The Morgan fingerprint density at radius 1 is 1.03 bits per heavy atom. The van der Waals surface area contributed by atoms with E-state index in [1.807, 2.05) is 32.0 Å². The fraction of sp³-hybridized carbons (Fsp3) is 0.333. The maximum atomic E-state index is 13.1. The number of carbonyl (C=O) groups excluding carboxylic acids is 4. The number of hydrogen-bond donors (Lipinski definition) is 1. The first-order valence-corrected chi connectivity index (χ1v) is 11.6. The summed E-state index contributed by atoms with van der Waals surface area (Å²) in [6, 6.07) is 13.6. The maximum absolute atomic E-state index is 13.1. The molecule has 0 unspecified atom stereocenters.